The van der Waals surface area contributed by atoms with Gasteiger partial charge >= 0.3 is 5.97 Å². The second-order valence-electron chi connectivity index (χ2n) is 4.41. The van der Waals surface area contributed by atoms with E-state index in [-0.39, 0.29) is 4.90 Å². The molecule has 0 spiro atoms. The first-order valence-electron chi connectivity index (χ1n) is 5.43. The maximum atomic E-state index is 11.8. The standard InChI is InChI=1S/C11H12N2O5S/c12-19(17,18)8-3-1-7(2-4-8)13-9(14)11(5-6-11)10(15)16/h1-4H,5-6H2,(H,13,14)(H,15,16)(H2,12,17,18). The lowest BCUT2D eigenvalue weighted by atomic mass is 10.1. The number of carbonyl (C=O) groups excluding carboxylic acids is 1. The second kappa shape index (κ2) is 4.32. The van der Waals surface area contributed by atoms with Crippen LogP contribution in [0.25, 0.3) is 0 Å². The van der Waals surface area contributed by atoms with Crippen molar-refractivity contribution in [3.63, 3.8) is 0 Å². The van der Waals surface area contributed by atoms with Gasteiger partial charge in [0.05, 0.1) is 4.90 Å². The molecule has 0 bridgehead atoms. The summed E-state index contributed by atoms with van der Waals surface area (Å²) in [5.41, 5.74) is -1.01. The minimum atomic E-state index is -3.78. The molecule has 1 aromatic carbocycles. The van der Waals surface area contributed by atoms with Crippen LogP contribution in [0.4, 0.5) is 5.69 Å². The molecule has 102 valence electrons. The molecular formula is C11H12N2O5S. The normalized spacial score (nSPS) is 16.7. The molecule has 1 amide bonds. The monoisotopic (exact) mass is 284 g/mol. The smallest absolute Gasteiger partial charge is 0.319 e. The summed E-state index contributed by atoms with van der Waals surface area (Å²) in [5, 5.41) is 16.3. The van der Waals surface area contributed by atoms with Crippen LogP contribution in [0.3, 0.4) is 0 Å². The number of carboxylic acids is 1. The molecule has 0 atom stereocenters. The summed E-state index contributed by atoms with van der Waals surface area (Å²) in [7, 11) is -3.78. The fourth-order valence-corrected chi connectivity index (χ4v) is 2.16. The van der Waals surface area contributed by atoms with E-state index < -0.39 is 27.3 Å². The van der Waals surface area contributed by atoms with Gasteiger partial charge in [-0.2, -0.15) is 0 Å². The highest BCUT2D eigenvalue weighted by atomic mass is 32.2. The Morgan fingerprint density at radius 1 is 1.21 bits per heavy atom. The molecule has 1 aliphatic rings. The molecule has 8 heteroatoms. The quantitative estimate of drug-likeness (QED) is 0.678. The predicted molar refractivity (Wildman–Crippen MR) is 65.7 cm³/mol. The number of carboxylic acid groups (broad SMARTS) is 1. The van der Waals surface area contributed by atoms with Crippen LogP contribution in [-0.4, -0.2) is 25.4 Å². The highest BCUT2D eigenvalue weighted by molar-refractivity contribution is 7.89. The number of nitrogens with two attached hydrogens (primary N) is 1. The molecular weight excluding hydrogens is 272 g/mol. The van der Waals surface area contributed by atoms with Crippen molar-refractivity contribution in [3.8, 4) is 0 Å². The van der Waals surface area contributed by atoms with Crippen molar-refractivity contribution < 1.29 is 23.1 Å². The van der Waals surface area contributed by atoms with Crippen molar-refractivity contribution in [3.05, 3.63) is 24.3 Å². The molecule has 1 aromatic rings. The molecule has 0 saturated heterocycles. The van der Waals surface area contributed by atoms with E-state index in [0.29, 0.717) is 18.5 Å². The minimum Gasteiger partial charge on any atom is -0.480 e. The van der Waals surface area contributed by atoms with Crippen LogP contribution >= 0.6 is 0 Å². The molecule has 1 aliphatic carbocycles. The first-order chi connectivity index (χ1) is 8.75. The number of anilines is 1. The fourth-order valence-electron chi connectivity index (χ4n) is 1.64. The Morgan fingerprint density at radius 3 is 2.11 bits per heavy atom. The van der Waals surface area contributed by atoms with Crippen LogP contribution in [0, 0.1) is 5.41 Å². The molecule has 0 aliphatic heterocycles. The lowest BCUT2D eigenvalue weighted by molar-refractivity contribution is -0.147. The largest absolute Gasteiger partial charge is 0.480 e. The number of amides is 1. The summed E-state index contributed by atoms with van der Waals surface area (Å²) < 4.78 is 22.1. The molecule has 7 nitrogen and oxygen atoms in total. The van der Waals surface area contributed by atoms with Crippen molar-refractivity contribution >= 4 is 27.6 Å². The summed E-state index contributed by atoms with van der Waals surface area (Å²) in [6.45, 7) is 0. The van der Waals surface area contributed by atoms with E-state index in [1.54, 1.807) is 0 Å². The molecule has 0 heterocycles. The maximum absolute atomic E-state index is 11.8. The van der Waals surface area contributed by atoms with Crippen LogP contribution in [0.1, 0.15) is 12.8 Å². The molecule has 2 rings (SSSR count). The van der Waals surface area contributed by atoms with Crippen molar-refractivity contribution in [1.82, 2.24) is 0 Å². The van der Waals surface area contributed by atoms with Gasteiger partial charge in [0.15, 0.2) is 0 Å². The van der Waals surface area contributed by atoms with Gasteiger partial charge in [0.25, 0.3) is 0 Å². The summed E-state index contributed by atoms with van der Waals surface area (Å²) in [5.74, 6) is -1.74. The third-order valence-electron chi connectivity index (χ3n) is 3.03. The molecule has 0 radical (unpaired) electrons. The van der Waals surface area contributed by atoms with Crippen LogP contribution in [0.2, 0.25) is 0 Å². The number of sulfonamides is 1. The number of primary sulfonamides is 1. The third-order valence-corrected chi connectivity index (χ3v) is 3.96. The van der Waals surface area contributed by atoms with Gasteiger partial charge < -0.3 is 10.4 Å². The zero-order valence-electron chi connectivity index (χ0n) is 9.79. The zero-order valence-corrected chi connectivity index (χ0v) is 10.6. The topological polar surface area (TPSA) is 127 Å². The number of rotatable bonds is 4. The third kappa shape index (κ3) is 2.59. The van der Waals surface area contributed by atoms with Gasteiger partial charge in [0.2, 0.25) is 15.9 Å². The molecule has 19 heavy (non-hydrogen) atoms. The van der Waals surface area contributed by atoms with E-state index in [1.807, 2.05) is 0 Å². The highest BCUT2D eigenvalue weighted by Gasteiger charge is 2.57. The Bertz CT molecular complexity index is 632. The van der Waals surface area contributed by atoms with E-state index in [9.17, 15) is 18.0 Å². The number of nitrogens with one attached hydrogen (secondary N) is 1. The van der Waals surface area contributed by atoms with Gasteiger partial charge in [0.1, 0.15) is 5.41 Å². The first-order valence-corrected chi connectivity index (χ1v) is 6.98. The SMILES string of the molecule is NS(=O)(=O)c1ccc(NC(=O)C2(C(=O)O)CC2)cc1. The van der Waals surface area contributed by atoms with E-state index >= 15 is 0 Å². The Kier molecular flexibility index (Phi) is 3.07. The van der Waals surface area contributed by atoms with Crippen LogP contribution < -0.4 is 10.5 Å². The van der Waals surface area contributed by atoms with E-state index in [4.69, 9.17) is 10.2 Å². The molecule has 1 saturated carbocycles. The van der Waals surface area contributed by atoms with E-state index in [0.717, 1.165) is 0 Å². The second-order valence-corrected chi connectivity index (χ2v) is 5.97. The van der Waals surface area contributed by atoms with Gasteiger partial charge in [-0.25, -0.2) is 13.6 Å². The number of hydrogen-bond acceptors (Lipinski definition) is 4. The van der Waals surface area contributed by atoms with E-state index in [1.165, 1.54) is 24.3 Å². The van der Waals surface area contributed by atoms with Gasteiger partial charge in [-0.1, -0.05) is 0 Å². The van der Waals surface area contributed by atoms with Crippen molar-refractivity contribution in [2.24, 2.45) is 10.6 Å². The van der Waals surface area contributed by atoms with Crippen LogP contribution in [0.15, 0.2) is 29.2 Å². The van der Waals surface area contributed by atoms with E-state index in [2.05, 4.69) is 5.32 Å². The highest BCUT2D eigenvalue weighted by Crippen LogP contribution is 2.46. The summed E-state index contributed by atoms with van der Waals surface area (Å²) in [4.78, 5) is 22.7. The number of carbonyl (C=O) groups is 2. The molecule has 0 unspecified atom stereocenters. The lowest BCUT2D eigenvalue weighted by Crippen LogP contribution is -2.31. The van der Waals surface area contributed by atoms with Gasteiger partial charge in [-0.3, -0.25) is 9.59 Å². The lowest BCUT2D eigenvalue weighted by Gasteiger charge is -2.10. The minimum absolute atomic E-state index is 0.0788. The van der Waals surface area contributed by atoms with Gasteiger partial charge in [0, 0.05) is 5.69 Å². The summed E-state index contributed by atoms with van der Waals surface area (Å²) in [6, 6.07) is 5.20. The first kappa shape index (κ1) is 13.5. The maximum Gasteiger partial charge on any atom is 0.319 e. The molecule has 0 aromatic heterocycles. The zero-order chi connectivity index (χ0) is 14.3. The average Bonchev–Trinajstić information content (AvgIpc) is 3.09. The Balaban J connectivity index is 2.13. The number of hydrogen-bond donors (Lipinski definition) is 3. The molecule has 4 N–H and O–H groups in total. The molecule has 1 fully saturated rings. The summed E-state index contributed by atoms with van der Waals surface area (Å²) in [6.07, 6.45) is 0.618. The summed E-state index contributed by atoms with van der Waals surface area (Å²) >= 11 is 0. The Morgan fingerprint density at radius 2 is 1.74 bits per heavy atom. The van der Waals surface area contributed by atoms with Crippen LogP contribution in [-0.2, 0) is 19.6 Å². The van der Waals surface area contributed by atoms with Crippen molar-refractivity contribution in [2.45, 2.75) is 17.7 Å². The Hall–Kier alpha value is -1.93. The van der Waals surface area contributed by atoms with Gasteiger partial charge in [-0.05, 0) is 37.1 Å². The average molecular weight is 284 g/mol. The van der Waals surface area contributed by atoms with Crippen molar-refractivity contribution in [2.75, 3.05) is 5.32 Å². The number of benzene rings is 1. The van der Waals surface area contributed by atoms with Gasteiger partial charge in [-0.15, -0.1) is 0 Å². The van der Waals surface area contributed by atoms with Crippen LogP contribution in [0.5, 0.6) is 0 Å². The van der Waals surface area contributed by atoms with Crippen molar-refractivity contribution in [1.29, 1.82) is 0 Å². The predicted octanol–water partition coefficient (Wildman–Crippen LogP) is 0.137. The fraction of sp³-hybridized carbons (Fsp3) is 0.273. The number of aliphatic carboxylic acids is 1. The Labute approximate surface area is 109 Å².